The first-order valence-corrected chi connectivity index (χ1v) is 3.85. The standard InChI is InChI=1S/C7H8ClN3O2/c1-9-7-10-3-4(8)5(11-7)6(12)13-2/h3H,1-2H3,(H,9,10,11). The smallest absolute Gasteiger partial charge is 0.358 e. The summed E-state index contributed by atoms with van der Waals surface area (Å²) >= 11 is 5.67. The number of halogens is 1. The summed E-state index contributed by atoms with van der Waals surface area (Å²) in [6.45, 7) is 0. The molecule has 70 valence electrons. The molecule has 0 bridgehead atoms. The van der Waals surface area contributed by atoms with Gasteiger partial charge in [-0.3, -0.25) is 0 Å². The van der Waals surface area contributed by atoms with Crippen LogP contribution in [0.1, 0.15) is 10.5 Å². The number of carbonyl (C=O) groups is 1. The Morgan fingerprint density at radius 3 is 2.92 bits per heavy atom. The van der Waals surface area contributed by atoms with E-state index < -0.39 is 5.97 Å². The number of hydrogen-bond acceptors (Lipinski definition) is 5. The van der Waals surface area contributed by atoms with Gasteiger partial charge in [0, 0.05) is 7.05 Å². The molecule has 1 aromatic heterocycles. The summed E-state index contributed by atoms with van der Waals surface area (Å²) in [5, 5.41) is 2.86. The Hall–Kier alpha value is -1.36. The van der Waals surface area contributed by atoms with E-state index in [-0.39, 0.29) is 10.7 Å². The van der Waals surface area contributed by atoms with E-state index in [1.54, 1.807) is 7.05 Å². The van der Waals surface area contributed by atoms with Crippen LogP contribution in [0.15, 0.2) is 6.20 Å². The largest absolute Gasteiger partial charge is 0.464 e. The zero-order chi connectivity index (χ0) is 9.84. The van der Waals surface area contributed by atoms with Crippen molar-refractivity contribution < 1.29 is 9.53 Å². The van der Waals surface area contributed by atoms with Gasteiger partial charge in [0.15, 0.2) is 5.69 Å². The van der Waals surface area contributed by atoms with E-state index in [1.807, 2.05) is 0 Å². The van der Waals surface area contributed by atoms with Crippen molar-refractivity contribution in [3.63, 3.8) is 0 Å². The van der Waals surface area contributed by atoms with Gasteiger partial charge in [-0.2, -0.15) is 0 Å². The van der Waals surface area contributed by atoms with E-state index in [1.165, 1.54) is 13.3 Å². The van der Waals surface area contributed by atoms with Crippen LogP contribution >= 0.6 is 11.6 Å². The van der Waals surface area contributed by atoms with Gasteiger partial charge in [0.25, 0.3) is 0 Å². The normalized spacial score (nSPS) is 9.46. The van der Waals surface area contributed by atoms with Crippen molar-refractivity contribution >= 4 is 23.5 Å². The third-order valence-corrected chi connectivity index (χ3v) is 1.62. The van der Waals surface area contributed by atoms with Gasteiger partial charge in [0.05, 0.1) is 18.3 Å². The van der Waals surface area contributed by atoms with Crippen LogP contribution in [-0.4, -0.2) is 30.1 Å². The lowest BCUT2D eigenvalue weighted by atomic mass is 10.4. The molecule has 1 N–H and O–H groups in total. The minimum Gasteiger partial charge on any atom is -0.464 e. The van der Waals surface area contributed by atoms with E-state index in [0.29, 0.717) is 5.95 Å². The maximum Gasteiger partial charge on any atom is 0.358 e. The quantitative estimate of drug-likeness (QED) is 0.722. The molecule has 0 radical (unpaired) electrons. The SMILES string of the molecule is CNc1ncc(Cl)c(C(=O)OC)n1. The average Bonchev–Trinajstić information content (AvgIpc) is 2.17. The first-order valence-electron chi connectivity index (χ1n) is 3.47. The fourth-order valence-corrected chi connectivity index (χ4v) is 0.896. The van der Waals surface area contributed by atoms with Gasteiger partial charge in [0.1, 0.15) is 0 Å². The van der Waals surface area contributed by atoms with Crippen molar-refractivity contribution in [3.8, 4) is 0 Å². The predicted octanol–water partition coefficient (Wildman–Crippen LogP) is 0.958. The fourth-order valence-electron chi connectivity index (χ4n) is 0.727. The van der Waals surface area contributed by atoms with Crippen molar-refractivity contribution in [1.29, 1.82) is 0 Å². The van der Waals surface area contributed by atoms with Crippen LogP contribution in [0.5, 0.6) is 0 Å². The second-order valence-corrected chi connectivity index (χ2v) is 2.54. The van der Waals surface area contributed by atoms with Gasteiger partial charge in [-0.05, 0) is 0 Å². The number of nitrogens with one attached hydrogen (secondary N) is 1. The van der Waals surface area contributed by atoms with Crippen LogP contribution in [0.25, 0.3) is 0 Å². The van der Waals surface area contributed by atoms with Gasteiger partial charge in [-0.1, -0.05) is 11.6 Å². The molecule has 6 heteroatoms. The number of anilines is 1. The van der Waals surface area contributed by atoms with Gasteiger partial charge in [0.2, 0.25) is 5.95 Å². The zero-order valence-corrected chi connectivity index (χ0v) is 7.92. The van der Waals surface area contributed by atoms with Crippen molar-refractivity contribution in [1.82, 2.24) is 9.97 Å². The van der Waals surface area contributed by atoms with Crippen molar-refractivity contribution in [2.24, 2.45) is 0 Å². The highest BCUT2D eigenvalue weighted by molar-refractivity contribution is 6.33. The summed E-state index contributed by atoms with van der Waals surface area (Å²) in [5.74, 6) is -0.256. The molecular weight excluding hydrogens is 194 g/mol. The Balaban J connectivity index is 3.11. The first-order chi connectivity index (χ1) is 6.19. The lowest BCUT2D eigenvalue weighted by molar-refractivity contribution is 0.0594. The summed E-state index contributed by atoms with van der Waals surface area (Å²) in [6, 6.07) is 0. The van der Waals surface area contributed by atoms with E-state index in [0.717, 1.165) is 0 Å². The van der Waals surface area contributed by atoms with E-state index >= 15 is 0 Å². The average molecular weight is 202 g/mol. The molecule has 0 aliphatic rings. The van der Waals surface area contributed by atoms with Crippen LogP contribution < -0.4 is 5.32 Å². The topological polar surface area (TPSA) is 64.1 Å². The number of rotatable bonds is 2. The Labute approximate surface area is 80.1 Å². The molecule has 1 rings (SSSR count). The lowest BCUT2D eigenvalue weighted by Crippen LogP contribution is -2.08. The van der Waals surface area contributed by atoms with Gasteiger partial charge in [-0.25, -0.2) is 14.8 Å². The van der Waals surface area contributed by atoms with Gasteiger partial charge in [-0.15, -0.1) is 0 Å². The Morgan fingerprint density at radius 2 is 2.38 bits per heavy atom. The van der Waals surface area contributed by atoms with Crippen LogP contribution in [-0.2, 0) is 4.74 Å². The second-order valence-electron chi connectivity index (χ2n) is 2.13. The van der Waals surface area contributed by atoms with Crippen LogP contribution in [0.2, 0.25) is 5.02 Å². The second kappa shape index (κ2) is 4.04. The summed E-state index contributed by atoms with van der Waals surface area (Å²) < 4.78 is 4.48. The van der Waals surface area contributed by atoms with Gasteiger partial charge < -0.3 is 10.1 Å². The Bertz CT molecular complexity index is 330. The summed E-state index contributed by atoms with van der Waals surface area (Å²) in [5.41, 5.74) is 0.0588. The number of aromatic nitrogens is 2. The minimum absolute atomic E-state index is 0.0588. The van der Waals surface area contributed by atoms with Crippen molar-refractivity contribution in [2.45, 2.75) is 0 Å². The first kappa shape index (κ1) is 9.73. The molecule has 0 aliphatic heterocycles. The molecule has 0 atom stereocenters. The molecule has 0 aliphatic carbocycles. The maximum absolute atomic E-state index is 11.1. The lowest BCUT2D eigenvalue weighted by Gasteiger charge is -2.02. The molecule has 13 heavy (non-hydrogen) atoms. The van der Waals surface area contributed by atoms with E-state index in [4.69, 9.17) is 11.6 Å². The number of carbonyl (C=O) groups excluding carboxylic acids is 1. The zero-order valence-electron chi connectivity index (χ0n) is 7.17. The van der Waals surface area contributed by atoms with Crippen LogP contribution in [0.4, 0.5) is 5.95 Å². The summed E-state index contributed by atoms with van der Waals surface area (Å²) in [6.07, 6.45) is 1.34. The molecule has 5 nitrogen and oxygen atoms in total. The molecule has 0 saturated carbocycles. The Kier molecular flexibility index (Phi) is 3.02. The van der Waals surface area contributed by atoms with Crippen molar-refractivity contribution in [3.05, 3.63) is 16.9 Å². The highest BCUT2D eigenvalue weighted by Crippen LogP contribution is 2.14. The molecule has 0 unspecified atom stereocenters. The monoisotopic (exact) mass is 201 g/mol. The molecule has 0 saturated heterocycles. The number of ether oxygens (including phenoxy) is 1. The highest BCUT2D eigenvalue weighted by Gasteiger charge is 2.13. The van der Waals surface area contributed by atoms with E-state index in [9.17, 15) is 4.79 Å². The molecule has 0 amide bonds. The highest BCUT2D eigenvalue weighted by atomic mass is 35.5. The van der Waals surface area contributed by atoms with Gasteiger partial charge >= 0.3 is 5.97 Å². The molecule has 0 aromatic carbocycles. The van der Waals surface area contributed by atoms with E-state index in [2.05, 4.69) is 20.0 Å². The minimum atomic E-state index is -0.580. The Morgan fingerprint density at radius 1 is 1.69 bits per heavy atom. The molecular formula is C7H8ClN3O2. The molecule has 1 heterocycles. The number of methoxy groups -OCH3 is 1. The number of hydrogen-bond donors (Lipinski definition) is 1. The van der Waals surface area contributed by atoms with Crippen molar-refractivity contribution in [2.75, 3.05) is 19.5 Å². The maximum atomic E-state index is 11.1. The third kappa shape index (κ3) is 2.06. The summed E-state index contributed by atoms with van der Waals surface area (Å²) in [4.78, 5) is 18.7. The predicted molar refractivity (Wildman–Crippen MR) is 47.9 cm³/mol. The molecule has 0 fully saturated rings. The van der Waals surface area contributed by atoms with Crippen LogP contribution in [0.3, 0.4) is 0 Å². The number of esters is 1. The summed E-state index contributed by atoms with van der Waals surface area (Å²) in [7, 11) is 2.91. The third-order valence-electron chi connectivity index (χ3n) is 1.35. The number of nitrogens with zero attached hydrogens (tertiary/aromatic N) is 2. The fraction of sp³-hybridized carbons (Fsp3) is 0.286. The molecule has 1 aromatic rings. The molecule has 0 spiro atoms. The van der Waals surface area contributed by atoms with Crippen LogP contribution in [0, 0.1) is 0 Å².